The number of nitrogens with zero attached hydrogens (tertiary/aromatic N) is 6. The molecule has 0 bridgehead atoms. The van der Waals surface area contributed by atoms with Crippen molar-refractivity contribution in [2.24, 2.45) is 0 Å². The van der Waals surface area contributed by atoms with E-state index in [1.54, 1.807) is 29.0 Å². The normalized spacial score (nSPS) is 14.1. The van der Waals surface area contributed by atoms with Crippen molar-refractivity contribution in [3.05, 3.63) is 59.0 Å². The molecule has 3 heterocycles. The number of rotatable bonds is 10. The van der Waals surface area contributed by atoms with E-state index in [9.17, 15) is 13.2 Å². The molecule has 1 aromatic carbocycles. The maximum absolute atomic E-state index is 12.4. The van der Waals surface area contributed by atoms with Gasteiger partial charge in [0.15, 0.2) is 5.82 Å². The smallest absolute Gasteiger partial charge is 0.244 e. The Morgan fingerprint density at radius 2 is 1.97 bits per heavy atom. The first-order valence-corrected chi connectivity index (χ1v) is 13.8. The Hall–Kier alpha value is -3.26. The fourth-order valence-electron chi connectivity index (χ4n) is 3.64. The molecule has 37 heavy (non-hydrogen) atoms. The minimum atomic E-state index is -3.27. The van der Waals surface area contributed by atoms with Gasteiger partial charge in [-0.1, -0.05) is 35.9 Å². The number of carbonyl (C=O) groups is 1. The monoisotopic (exact) mass is 548 g/mol. The van der Waals surface area contributed by atoms with Crippen LogP contribution in [-0.4, -0.2) is 82.9 Å². The van der Waals surface area contributed by atoms with E-state index in [-0.39, 0.29) is 19.0 Å². The first-order chi connectivity index (χ1) is 17.7. The zero-order valence-electron chi connectivity index (χ0n) is 20.6. The Morgan fingerprint density at radius 1 is 1.22 bits per heavy atom. The lowest BCUT2D eigenvalue weighted by Crippen LogP contribution is -2.42. The van der Waals surface area contributed by atoms with Crippen molar-refractivity contribution in [3.63, 3.8) is 0 Å². The minimum absolute atomic E-state index is 0.0146. The summed E-state index contributed by atoms with van der Waals surface area (Å²) in [5.41, 5.74) is 2.44. The summed E-state index contributed by atoms with van der Waals surface area (Å²) < 4.78 is 31.5. The Kier molecular flexibility index (Phi) is 8.59. The van der Waals surface area contributed by atoms with Crippen LogP contribution in [0.4, 0.5) is 17.5 Å². The standard InChI is InChI=1S/C23H29ClN8O4S/c1-30(37(2,34)35)14-18-5-3-4-17(10-18)11-25-22-20(24)13-26-23(29-22)28-19-12-27-32(15-19)16-21(33)31-6-8-36-9-7-31/h3-5,10,12-13,15H,6-9,11,14,16H2,1-2H3,(H2,25,26,28,29). The van der Waals surface area contributed by atoms with Crippen LogP contribution in [0.1, 0.15) is 11.1 Å². The summed E-state index contributed by atoms with van der Waals surface area (Å²) in [5, 5.41) is 10.9. The zero-order chi connectivity index (χ0) is 26.4. The Morgan fingerprint density at radius 3 is 2.73 bits per heavy atom. The van der Waals surface area contributed by atoms with Gasteiger partial charge in [0.1, 0.15) is 11.6 Å². The number of morpholine rings is 1. The number of benzene rings is 1. The highest BCUT2D eigenvalue weighted by Crippen LogP contribution is 2.22. The highest BCUT2D eigenvalue weighted by Gasteiger charge is 2.17. The van der Waals surface area contributed by atoms with Gasteiger partial charge in [0.25, 0.3) is 0 Å². The van der Waals surface area contributed by atoms with Crippen LogP contribution in [0.25, 0.3) is 0 Å². The molecule has 12 nitrogen and oxygen atoms in total. The van der Waals surface area contributed by atoms with Crippen LogP contribution in [-0.2, 0) is 39.2 Å². The molecule has 4 rings (SSSR count). The number of anilines is 3. The van der Waals surface area contributed by atoms with Crippen LogP contribution < -0.4 is 10.6 Å². The predicted octanol–water partition coefficient (Wildman–Crippen LogP) is 1.93. The van der Waals surface area contributed by atoms with Crippen LogP contribution >= 0.6 is 11.6 Å². The molecule has 14 heteroatoms. The van der Waals surface area contributed by atoms with Crippen molar-refractivity contribution in [1.29, 1.82) is 0 Å². The summed E-state index contributed by atoms with van der Waals surface area (Å²) in [7, 11) is -1.73. The molecule has 2 N–H and O–H groups in total. The Balaban J connectivity index is 1.35. The quantitative estimate of drug-likeness (QED) is 0.389. The van der Waals surface area contributed by atoms with Gasteiger partial charge in [-0.05, 0) is 11.1 Å². The number of amides is 1. The fourth-order valence-corrected chi connectivity index (χ4v) is 4.19. The molecule has 1 aliphatic rings. The van der Waals surface area contributed by atoms with Crippen molar-refractivity contribution in [2.45, 2.75) is 19.6 Å². The first kappa shape index (κ1) is 26.8. The van der Waals surface area contributed by atoms with Gasteiger partial charge < -0.3 is 20.3 Å². The topological polar surface area (TPSA) is 135 Å². The predicted molar refractivity (Wildman–Crippen MR) is 140 cm³/mol. The number of aromatic nitrogens is 4. The molecule has 0 unspecified atom stereocenters. The summed E-state index contributed by atoms with van der Waals surface area (Å²) in [6.45, 7) is 3.11. The average Bonchev–Trinajstić information content (AvgIpc) is 3.31. The second-order valence-electron chi connectivity index (χ2n) is 8.63. The van der Waals surface area contributed by atoms with Crippen LogP contribution in [0.2, 0.25) is 5.02 Å². The number of hydrogen-bond acceptors (Lipinski definition) is 9. The lowest BCUT2D eigenvalue weighted by molar-refractivity contribution is -0.136. The number of sulfonamides is 1. The van der Waals surface area contributed by atoms with Crippen molar-refractivity contribution < 1.29 is 17.9 Å². The molecule has 2 aromatic heterocycles. The van der Waals surface area contributed by atoms with E-state index in [1.165, 1.54) is 16.8 Å². The molecular weight excluding hydrogens is 520 g/mol. The van der Waals surface area contributed by atoms with Crippen molar-refractivity contribution >= 4 is 45.0 Å². The number of halogens is 1. The molecule has 1 amide bonds. The van der Waals surface area contributed by atoms with E-state index < -0.39 is 10.0 Å². The number of hydrogen-bond donors (Lipinski definition) is 2. The zero-order valence-corrected chi connectivity index (χ0v) is 22.2. The minimum Gasteiger partial charge on any atom is -0.378 e. The van der Waals surface area contributed by atoms with Crippen molar-refractivity contribution in [1.82, 2.24) is 29.0 Å². The van der Waals surface area contributed by atoms with Gasteiger partial charge >= 0.3 is 0 Å². The molecule has 0 atom stereocenters. The largest absolute Gasteiger partial charge is 0.378 e. The maximum Gasteiger partial charge on any atom is 0.244 e. The molecule has 3 aromatic rings. The van der Waals surface area contributed by atoms with Crippen LogP contribution in [0, 0.1) is 0 Å². The van der Waals surface area contributed by atoms with Crippen LogP contribution in [0.3, 0.4) is 0 Å². The maximum atomic E-state index is 12.4. The van der Waals surface area contributed by atoms with Crippen molar-refractivity contribution in [3.8, 4) is 0 Å². The SMILES string of the molecule is CN(Cc1cccc(CNc2nc(Nc3cnn(CC(=O)N4CCOCC4)c3)ncc2Cl)c1)S(C)(=O)=O. The highest BCUT2D eigenvalue weighted by molar-refractivity contribution is 7.88. The summed E-state index contributed by atoms with van der Waals surface area (Å²) in [6.07, 6.45) is 5.97. The molecule has 1 fully saturated rings. The van der Waals surface area contributed by atoms with E-state index in [0.717, 1.165) is 11.1 Å². The molecule has 198 valence electrons. The third kappa shape index (κ3) is 7.61. The highest BCUT2D eigenvalue weighted by atomic mass is 35.5. The lowest BCUT2D eigenvalue weighted by atomic mass is 10.1. The Bertz CT molecular complexity index is 1340. The number of nitrogens with one attached hydrogen (secondary N) is 2. The van der Waals surface area contributed by atoms with Gasteiger partial charge in [-0.15, -0.1) is 0 Å². The van der Waals surface area contributed by atoms with Crippen LogP contribution in [0.5, 0.6) is 0 Å². The molecule has 0 spiro atoms. The Labute approximate surface area is 220 Å². The van der Waals surface area contributed by atoms with Crippen LogP contribution in [0.15, 0.2) is 42.9 Å². The molecule has 0 radical (unpaired) electrons. The first-order valence-electron chi connectivity index (χ1n) is 11.6. The van der Waals surface area contributed by atoms with E-state index in [1.807, 2.05) is 24.3 Å². The fraction of sp³-hybridized carbons (Fsp3) is 0.391. The third-order valence-electron chi connectivity index (χ3n) is 5.72. The van der Waals surface area contributed by atoms with Gasteiger partial charge in [0, 0.05) is 39.4 Å². The summed E-state index contributed by atoms with van der Waals surface area (Å²) in [4.78, 5) is 22.9. The van der Waals surface area contributed by atoms with Gasteiger partial charge in [0.2, 0.25) is 21.9 Å². The summed E-state index contributed by atoms with van der Waals surface area (Å²) >= 11 is 6.29. The average molecular weight is 549 g/mol. The van der Waals surface area contributed by atoms with E-state index in [0.29, 0.717) is 55.3 Å². The molecular formula is C23H29ClN8O4S. The summed E-state index contributed by atoms with van der Waals surface area (Å²) in [6, 6.07) is 7.60. The third-order valence-corrected chi connectivity index (χ3v) is 7.26. The van der Waals surface area contributed by atoms with E-state index in [4.69, 9.17) is 16.3 Å². The molecule has 1 aliphatic heterocycles. The number of ether oxygens (including phenoxy) is 1. The van der Waals surface area contributed by atoms with E-state index >= 15 is 0 Å². The van der Waals surface area contributed by atoms with Gasteiger partial charge in [-0.2, -0.15) is 10.1 Å². The van der Waals surface area contributed by atoms with Gasteiger partial charge in [-0.25, -0.2) is 17.7 Å². The molecule has 0 aliphatic carbocycles. The van der Waals surface area contributed by atoms with Gasteiger partial charge in [0.05, 0.1) is 37.6 Å². The lowest BCUT2D eigenvalue weighted by Gasteiger charge is -2.26. The van der Waals surface area contributed by atoms with Gasteiger partial charge in [-0.3, -0.25) is 9.48 Å². The van der Waals surface area contributed by atoms with E-state index in [2.05, 4.69) is 25.7 Å². The number of carbonyl (C=O) groups excluding carboxylic acids is 1. The van der Waals surface area contributed by atoms with Crippen molar-refractivity contribution in [2.75, 3.05) is 50.2 Å². The second-order valence-corrected chi connectivity index (χ2v) is 11.1. The molecule has 0 saturated carbocycles. The second kappa shape index (κ2) is 11.9. The molecule has 1 saturated heterocycles. The summed E-state index contributed by atoms with van der Waals surface area (Å²) in [5.74, 6) is 0.737.